The zero-order valence-electron chi connectivity index (χ0n) is 16.8. The zero-order valence-corrected chi connectivity index (χ0v) is 16.8. The summed E-state index contributed by atoms with van der Waals surface area (Å²) in [5.41, 5.74) is 4.84. The molecule has 0 aliphatic heterocycles. The van der Waals surface area contributed by atoms with E-state index in [1.54, 1.807) is 18.2 Å². The van der Waals surface area contributed by atoms with Gasteiger partial charge < -0.3 is 15.2 Å². The number of ether oxygens (including phenoxy) is 1. The number of allylic oxidation sites excluding steroid dienone is 1. The SMILES string of the molecule is CC/C(=C(/c1ccc(O)cc1)c1ccc(OCCNC)c(F)c1)c1ccccc1. The van der Waals surface area contributed by atoms with E-state index in [0.29, 0.717) is 13.2 Å². The highest BCUT2D eigenvalue weighted by Gasteiger charge is 2.15. The summed E-state index contributed by atoms with van der Waals surface area (Å²) >= 11 is 0. The van der Waals surface area contributed by atoms with Gasteiger partial charge in [-0.1, -0.05) is 55.5 Å². The van der Waals surface area contributed by atoms with Crippen molar-refractivity contribution in [3.63, 3.8) is 0 Å². The lowest BCUT2D eigenvalue weighted by Gasteiger charge is -2.17. The van der Waals surface area contributed by atoms with Crippen molar-refractivity contribution in [3.05, 3.63) is 95.3 Å². The second-order valence-electron chi connectivity index (χ2n) is 6.72. The molecule has 0 atom stereocenters. The number of benzene rings is 3. The Morgan fingerprint density at radius 3 is 2.24 bits per heavy atom. The van der Waals surface area contributed by atoms with E-state index < -0.39 is 5.82 Å². The van der Waals surface area contributed by atoms with E-state index in [0.717, 1.165) is 34.3 Å². The number of halogens is 1. The number of phenolic OH excluding ortho intramolecular Hbond substituents is 1. The van der Waals surface area contributed by atoms with Gasteiger partial charge in [0.2, 0.25) is 0 Å². The summed E-state index contributed by atoms with van der Waals surface area (Å²) in [6, 6.07) is 22.2. The molecule has 0 saturated carbocycles. The predicted molar refractivity (Wildman–Crippen MR) is 117 cm³/mol. The van der Waals surface area contributed by atoms with Gasteiger partial charge in [-0.2, -0.15) is 0 Å². The number of hydrogen-bond acceptors (Lipinski definition) is 3. The molecule has 3 nitrogen and oxygen atoms in total. The number of rotatable bonds is 8. The van der Waals surface area contributed by atoms with Gasteiger partial charge >= 0.3 is 0 Å². The molecule has 0 aliphatic carbocycles. The van der Waals surface area contributed by atoms with Gasteiger partial charge in [0.15, 0.2) is 11.6 Å². The van der Waals surface area contributed by atoms with Crippen molar-refractivity contribution in [2.24, 2.45) is 0 Å². The normalized spacial score (nSPS) is 11.8. The van der Waals surface area contributed by atoms with E-state index in [2.05, 4.69) is 24.4 Å². The van der Waals surface area contributed by atoms with Crippen molar-refractivity contribution in [1.82, 2.24) is 5.32 Å². The first kappa shape index (κ1) is 20.6. The Bertz CT molecular complexity index is 966. The Morgan fingerprint density at radius 1 is 0.931 bits per heavy atom. The van der Waals surface area contributed by atoms with E-state index in [1.165, 1.54) is 6.07 Å². The monoisotopic (exact) mass is 391 g/mol. The number of phenols is 1. The van der Waals surface area contributed by atoms with Crippen LogP contribution in [0.3, 0.4) is 0 Å². The third-order valence-electron chi connectivity index (χ3n) is 4.76. The third-order valence-corrected chi connectivity index (χ3v) is 4.76. The highest BCUT2D eigenvalue weighted by molar-refractivity contribution is 5.98. The molecule has 0 spiro atoms. The summed E-state index contributed by atoms with van der Waals surface area (Å²) in [6.07, 6.45) is 0.780. The molecule has 0 bridgehead atoms. The van der Waals surface area contributed by atoms with Crippen LogP contribution in [-0.4, -0.2) is 25.3 Å². The molecule has 0 unspecified atom stereocenters. The Kier molecular flexibility index (Phi) is 7.04. The molecule has 150 valence electrons. The maximum absolute atomic E-state index is 14.8. The van der Waals surface area contributed by atoms with Gasteiger partial charge in [0.05, 0.1) is 0 Å². The number of aromatic hydroxyl groups is 1. The van der Waals surface area contributed by atoms with Crippen LogP contribution in [0.5, 0.6) is 11.5 Å². The highest BCUT2D eigenvalue weighted by atomic mass is 19.1. The molecule has 0 fully saturated rings. The Hall–Kier alpha value is -3.11. The molecule has 3 aromatic rings. The van der Waals surface area contributed by atoms with Crippen molar-refractivity contribution in [2.75, 3.05) is 20.2 Å². The largest absolute Gasteiger partial charge is 0.508 e. The molecule has 4 heteroatoms. The van der Waals surface area contributed by atoms with Crippen molar-refractivity contribution < 1.29 is 14.2 Å². The summed E-state index contributed by atoms with van der Waals surface area (Å²) in [6.45, 7) is 3.14. The van der Waals surface area contributed by atoms with Gasteiger partial charge in [-0.3, -0.25) is 0 Å². The Balaban J connectivity index is 2.12. The second kappa shape index (κ2) is 9.89. The smallest absolute Gasteiger partial charge is 0.165 e. The lowest BCUT2D eigenvalue weighted by atomic mass is 9.88. The quantitative estimate of drug-likeness (QED) is 0.394. The topological polar surface area (TPSA) is 41.5 Å². The van der Waals surface area contributed by atoms with E-state index >= 15 is 0 Å². The predicted octanol–water partition coefficient (Wildman–Crippen LogP) is 5.50. The van der Waals surface area contributed by atoms with E-state index in [9.17, 15) is 9.50 Å². The molecule has 3 aromatic carbocycles. The molecular formula is C25H26FNO2. The van der Waals surface area contributed by atoms with Gasteiger partial charge in [0, 0.05) is 6.54 Å². The summed E-state index contributed by atoms with van der Waals surface area (Å²) in [5, 5.41) is 12.7. The molecule has 0 amide bonds. The fourth-order valence-corrected chi connectivity index (χ4v) is 3.34. The summed E-state index contributed by atoms with van der Waals surface area (Å²) in [7, 11) is 1.83. The van der Waals surface area contributed by atoms with Crippen LogP contribution in [0.2, 0.25) is 0 Å². The van der Waals surface area contributed by atoms with Crippen LogP contribution in [0.1, 0.15) is 30.0 Å². The molecule has 0 heterocycles. The molecular weight excluding hydrogens is 365 g/mol. The number of nitrogens with one attached hydrogen (secondary N) is 1. The average Bonchev–Trinajstić information content (AvgIpc) is 2.75. The standard InChI is InChI=1S/C25H26FNO2/c1-3-22(18-7-5-4-6-8-18)25(19-9-12-21(28)13-10-19)20-11-14-24(23(26)17-20)29-16-15-27-2/h4-14,17,27-28H,3,15-16H2,1-2H3/b25-22+. The lowest BCUT2D eigenvalue weighted by molar-refractivity contribution is 0.302. The Labute approximate surface area is 171 Å². The molecule has 0 aliphatic rings. The summed E-state index contributed by atoms with van der Waals surface area (Å²) in [5.74, 6) is 0.0514. The average molecular weight is 391 g/mol. The molecule has 0 saturated heterocycles. The van der Waals surface area contributed by atoms with Crippen LogP contribution in [0.25, 0.3) is 11.1 Å². The fourth-order valence-electron chi connectivity index (χ4n) is 3.34. The van der Waals surface area contributed by atoms with Gasteiger partial charge in [0.1, 0.15) is 12.4 Å². The van der Waals surface area contributed by atoms with Gasteiger partial charge in [-0.05, 0) is 65.6 Å². The fraction of sp³-hybridized carbons (Fsp3) is 0.200. The van der Waals surface area contributed by atoms with Gasteiger partial charge in [-0.15, -0.1) is 0 Å². The van der Waals surface area contributed by atoms with Crippen molar-refractivity contribution >= 4 is 11.1 Å². The van der Waals surface area contributed by atoms with Crippen LogP contribution < -0.4 is 10.1 Å². The van der Waals surface area contributed by atoms with Crippen LogP contribution in [0.15, 0.2) is 72.8 Å². The minimum atomic E-state index is -0.390. The van der Waals surface area contributed by atoms with Gasteiger partial charge in [-0.25, -0.2) is 4.39 Å². The van der Waals surface area contributed by atoms with Crippen molar-refractivity contribution in [2.45, 2.75) is 13.3 Å². The minimum absolute atomic E-state index is 0.199. The Morgan fingerprint density at radius 2 is 1.62 bits per heavy atom. The maximum Gasteiger partial charge on any atom is 0.165 e. The third kappa shape index (κ3) is 5.04. The highest BCUT2D eigenvalue weighted by Crippen LogP contribution is 2.36. The number of likely N-dealkylation sites (N-methyl/N-ethyl adjacent to an activating group) is 1. The van der Waals surface area contributed by atoms with Crippen LogP contribution >= 0.6 is 0 Å². The van der Waals surface area contributed by atoms with E-state index in [1.807, 2.05) is 43.4 Å². The van der Waals surface area contributed by atoms with Crippen LogP contribution in [0.4, 0.5) is 4.39 Å². The van der Waals surface area contributed by atoms with Crippen molar-refractivity contribution in [1.29, 1.82) is 0 Å². The minimum Gasteiger partial charge on any atom is -0.508 e. The van der Waals surface area contributed by atoms with Crippen LogP contribution in [-0.2, 0) is 0 Å². The second-order valence-corrected chi connectivity index (χ2v) is 6.72. The summed E-state index contributed by atoms with van der Waals surface area (Å²) in [4.78, 5) is 0. The number of hydrogen-bond donors (Lipinski definition) is 2. The van der Waals surface area contributed by atoms with E-state index in [-0.39, 0.29) is 11.5 Å². The zero-order chi connectivity index (χ0) is 20.6. The molecule has 3 rings (SSSR count). The first-order valence-corrected chi connectivity index (χ1v) is 9.79. The molecule has 2 N–H and O–H groups in total. The van der Waals surface area contributed by atoms with E-state index in [4.69, 9.17) is 4.74 Å². The molecule has 0 radical (unpaired) electrons. The molecule has 0 aromatic heterocycles. The van der Waals surface area contributed by atoms with Crippen molar-refractivity contribution in [3.8, 4) is 11.5 Å². The van der Waals surface area contributed by atoms with Gasteiger partial charge in [0.25, 0.3) is 0 Å². The lowest BCUT2D eigenvalue weighted by Crippen LogP contribution is -2.16. The maximum atomic E-state index is 14.8. The first-order valence-electron chi connectivity index (χ1n) is 9.79. The first-order chi connectivity index (χ1) is 14.1. The summed E-state index contributed by atoms with van der Waals surface area (Å²) < 4.78 is 20.3. The van der Waals surface area contributed by atoms with Crippen LogP contribution in [0, 0.1) is 5.82 Å². The molecule has 29 heavy (non-hydrogen) atoms.